The maximum absolute atomic E-state index is 12.4. The first-order valence-corrected chi connectivity index (χ1v) is 7.90. The number of hydrogen-bond donors (Lipinski definition) is 1. The van der Waals surface area contributed by atoms with Gasteiger partial charge in [-0.25, -0.2) is 13.2 Å². The summed E-state index contributed by atoms with van der Waals surface area (Å²) >= 11 is 0.751. The molecule has 0 radical (unpaired) electrons. The first kappa shape index (κ1) is 14.7. The standard InChI is InChI=1S/C9H11N5O4S2/c1-6(16)11-8-12-13-9(19-8)20(17,18)14-4-2-3-7(14)10-5-15/h7H,2-4H2,1H3,(H,11,12,16). The predicted molar refractivity (Wildman–Crippen MR) is 69.2 cm³/mol. The molecular formula is C9H11N5O4S2. The number of nitrogens with zero attached hydrogens (tertiary/aromatic N) is 4. The van der Waals surface area contributed by atoms with Crippen molar-refractivity contribution in [2.45, 2.75) is 30.3 Å². The first-order valence-electron chi connectivity index (χ1n) is 5.65. The number of carbonyl (C=O) groups excluding carboxylic acids is 2. The molecule has 1 aliphatic rings. The Hall–Kier alpha value is -1.68. The Morgan fingerprint density at radius 3 is 2.95 bits per heavy atom. The number of nitrogens with one attached hydrogen (secondary N) is 1. The van der Waals surface area contributed by atoms with Crippen molar-refractivity contribution < 1.29 is 18.0 Å². The van der Waals surface area contributed by atoms with Gasteiger partial charge in [0, 0.05) is 13.5 Å². The highest BCUT2D eigenvalue weighted by molar-refractivity contribution is 7.91. The fourth-order valence-corrected chi connectivity index (χ4v) is 4.46. The Bertz CT molecular complexity index is 664. The molecular weight excluding hydrogens is 306 g/mol. The van der Waals surface area contributed by atoms with Gasteiger partial charge in [-0.05, 0) is 12.8 Å². The van der Waals surface area contributed by atoms with Crippen molar-refractivity contribution in [1.82, 2.24) is 14.5 Å². The minimum Gasteiger partial charge on any atom is -0.301 e. The second-order valence-corrected chi connectivity index (χ2v) is 7.06. The molecule has 1 aliphatic heterocycles. The van der Waals surface area contributed by atoms with Crippen LogP contribution in [0, 0.1) is 0 Å². The van der Waals surface area contributed by atoms with Crippen LogP contribution in [-0.4, -0.2) is 47.6 Å². The summed E-state index contributed by atoms with van der Waals surface area (Å²) in [7, 11) is -3.87. The number of hydrogen-bond acceptors (Lipinski definition) is 8. The van der Waals surface area contributed by atoms with Gasteiger partial charge in [-0.2, -0.15) is 9.30 Å². The van der Waals surface area contributed by atoms with Gasteiger partial charge in [0.15, 0.2) is 0 Å². The molecule has 0 aliphatic carbocycles. The average Bonchev–Trinajstić information content (AvgIpc) is 2.98. The third-order valence-corrected chi connectivity index (χ3v) is 5.68. The maximum Gasteiger partial charge on any atom is 0.274 e. The molecule has 11 heteroatoms. The monoisotopic (exact) mass is 317 g/mol. The number of rotatable bonds is 4. The quantitative estimate of drug-likeness (QED) is 0.472. The van der Waals surface area contributed by atoms with E-state index in [0.29, 0.717) is 12.8 Å². The molecule has 1 N–H and O–H groups in total. The molecule has 2 heterocycles. The average molecular weight is 317 g/mol. The Labute approximate surface area is 118 Å². The highest BCUT2D eigenvalue weighted by Crippen LogP contribution is 2.29. The van der Waals surface area contributed by atoms with Crippen molar-refractivity contribution in [1.29, 1.82) is 0 Å². The number of amides is 1. The number of aliphatic imine (C=N–C) groups is 1. The van der Waals surface area contributed by atoms with Gasteiger partial charge in [-0.3, -0.25) is 4.79 Å². The van der Waals surface area contributed by atoms with Crippen LogP contribution in [0.4, 0.5) is 5.13 Å². The summed E-state index contributed by atoms with van der Waals surface area (Å²) in [6.45, 7) is 1.54. The molecule has 1 saturated heterocycles. The molecule has 20 heavy (non-hydrogen) atoms. The normalized spacial score (nSPS) is 19.6. The highest BCUT2D eigenvalue weighted by atomic mass is 32.2. The van der Waals surface area contributed by atoms with Crippen molar-refractivity contribution in [3.05, 3.63) is 0 Å². The van der Waals surface area contributed by atoms with Crippen molar-refractivity contribution in [2.75, 3.05) is 11.9 Å². The summed E-state index contributed by atoms with van der Waals surface area (Å²) in [6.07, 6.45) is 1.70. The van der Waals surface area contributed by atoms with E-state index < -0.39 is 16.2 Å². The molecule has 9 nitrogen and oxygen atoms in total. The first-order chi connectivity index (χ1) is 9.45. The summed E-state index contributed by atoms with van der Waals surface area (Å²) < 4.78 is 25.6. The summed E-state index contributed by atoms with van der Waals surface area (Å²) in [5.74, 6) is -0.366. The molecule has 0 aromatic carbocycles. The van der Waals surface area contributed by atoms with Crippen molar-refractivity contribution in [3.8, 4) is 0 Å². The van der Waals surface area contributed by atoms with Crippen LogP contribution in [0.25, 0.3) is 0 Å². The van der Waals surface area contributed by atoms with E-state index in [4.69, 9.17) is 0 Å². The van der Waals surface area contributed by atoms with Crippen molar-refractivity contribution in [2.24, 2.45) is 4.99 Å². The lowest BCUT2D eigenvalue weighted by molar-refractivity contribution is -0.114. The third-order valence-electron chi connectivity index (χ3n) is 2.59. The van der Waals surface area contributed by atoms with E-state index in [0.717, 1.165) is 15.6 Å². The molecule has 1 aromatic rings. The molecule has 1 aromatic heterocycles. The fraction of sp³-hybridized carbons (Fsp3) is 0.556. The molecule has 0 saturated carbocycles. The van der Waals surface area contributed by atoms with Crippen LogP contribution in [0.15, 0.2) is 9.33 Å². The van der Waals surface area contributed by atoms with Crippen LogP contribution >= 0.6 is 11.3 Å². The van der Waals surface area contributed by atoms with Crippen LogP contribution in [0.2, 0.25) is 0 Å². The molecule has 2 rings (SSSR count). The summed E-state index contributed by atoms with van der Waals surface area (Å²) in [6, 6.07) is 0. The Balaban J connectivity index is 2.28. The minimum atomic E-state index is -3.87. The van der Waals surface area contributed by atoms with E-state index in [2.05, 4.69) is 20.5 Å². The topological polar surface area (TPSA) is 122 Å². The summed E-state index contributed by atoms with van der Waals surface area (Å²) in [5, 5.41) is 9.62. The molecule has 0 bridgehead atoms. The van der Waals surface area contributed by atoms with E-state index in [1.54, 1.807) is 0 Å². The lowest BCUT2D eigenvalue weighted by atomic mass is 10.3. The lowest BCUT2D eigenvalue weighted by Crippen LogP contribution is -2.34. The molecule has 1 atom stereocenters. The minimum absolute atomic E-state index is 0.103. The number of isocyanates is 1. The van der Waals surface area contributed by atoms with E-state index in [1.807, 2.05) is 0 Å². The second-order valence-electron chi connectivity index (χ2n) is 4.01. The Kier molecular flexibility index (Phi) is 4.23. The van der Waals surface area contributed by atoms with E-state index in [9.17, 15) is 18.0 Å². The second kappa shape index (κ2) is 5.75. The zero-order valence-electron chi connectivity index (χ0n) is 10.4. The van der Waals surface area contributed by atoms with Gasteiger partial charge in [0.25, 0.3) is 10.0 Å². The zero-order chi connectivity index (χ0) is 14.8. The molecule has 108 valence electrons. The van der Waals surface area contributed by atoms with Gasteiger partial charge in [-0.1, -0.05) is 11.3 Å². The van der Waals surface area contributed by atoms with Gasteiger partial charge in [0.05, 0.1) is 0 Å². The number of anilines is 1. The SMILES string of the molecule is CC(=O)Nc1nnc(S(=O)(=O)N2CCCC2N=C=O)s1. The smallest absolute Gasteiger partial charge is 0.274 e. The predicted octanol–water partition coefficient (Wildman–Crippen LogP) is -0.0571. The largest absolute Gasteiger partial charge is 0.301 e. The van der Waals surface area contributed by atoms with E-state index >= 15 is 0 Å². The van der Waals surface area contributed by atoms with Crippen LogP contribution in [0.1, 0.15) is 19.8 Å². The summed E-state index contributed by atoms with van der Waals surface area (Å²) in [4.78, 5) is 24.7. The van der Waals surface area contributed by atoms with E-state index in [-0.39, 0.29) is 21.9 Å². The molecule has 1 unspecified atom stereocenters. The van der Waals surface area contributed by atoms with Gasteiger partial charge in [-0.15, -0.1) is 10.2 Å². The van der Waals surface area contributed by atoms with Gasteiger partial charge in [0.1, 0.15) is 6.17 Å². The molecule has 1 amide bonds. The van der Waals surface area contributed by atoms with Gasteiger partial charge >= 0.3 is 0 Å². The van der Waals surface area contributed by atoms with Crippen LogP contribution in [-0.2, 0) is 19.6 Å². The van der Waals surface area contributed by atoms with Gasteiger partial charge < -0.3 is 5.32 Å². The van der Waals surface area contributed by atoms with Crippen LogP contribution in [0.5, 0.6) is 0 Å². The lowest BCUT2D eigenvalue weighted by Gasteiger charge is -2.17. The maximum atomic E-state index is 12.4. The zero-order valence-corrected chi connectivity index (χ0v) is 12.1. The number of aromatic nitrogens is 2. The number of carbonyl (C=O) groups is 1. The highest BCUT2D eigenvalue weighted by Gasteiger charge is 2.37. The Morgan fingerprint density at radius 2 is 2.30 bits per heavy atom. The van der Waals surface area contributed by atoms with Crippen LogP contribution in [0.3, 0.4) is 0 Å². The molecule has 0 spiro atoms. The Morgan fingerprint density at radius 1 is 1.55 bits per heavy atom. The van der Waals surface area contributed by atoms with Gasteiger partial charge in [0.2, 0.25) is 21.5 Å². The molecule has 1 fully saturated rings. The van der Waals surface area contributed by atoms with Crippen LogP contribution < -0.4 is 5.32 Å². The summed E-state index contributed by atoms with van der Waals surface area (Å²) in [5.41, 5.74) is 0. The van der Waals surface area contributed by atoms with E-state index in [1.165, 1.54) is 13.0 Å². The fourth-order valence-electron chi connectivity index (χ4n) is 1.81. The van der Waals surface area contributed by atoms with Crippen molar-refractivity contribution in [3.63, 3.8) is 0 Å². The van der Waals surface area contributed by atoms with Crippen molar-refractivity contribution >= 4 is 38.5 Å². The third kappa shape index (κ3) is 2.90. The number of sulfonamides is 1.